The second-order valence-electron chi connectivity index (χ2n) is 7.14. The highest BCUT2D eigenvalue weighted by atomic mass is 35.5. The van der Waals surface area contributed by atoms with Crippen molar-refractivity contribution in [2.24, 2.45) is 0 Å². The number of anilines is 2. The van der Waals surface area contributed by atoms with Crippen LogP contribution in [0.5, 0.6) is 5.75 Å². The smallest absolute Gasteiger partial charge is 0.260 e. The molecule has 10 heteroatoms. The van der Waals surface area contributed by atoms with Gasteiger partial charge < -0.3 is 10.1 Å². The highest BCUT2D eigenvalue weighted by Crippen LogP contribution is 2.29. The molecule has 164 valence electrons. The molecular weight excluding hydrogens is 440 g/mol. The van der Waals surface area contributed by atoms with E-state index in [9.17, 15) is 13.2 Å². The molecule has 0 saturated heterocycles. The van der Waals surface area contributed by atoms with Gasteiger partial charge in [0.2, 0.25) is 10.0 Å². The maximum absolute atomic E-state index is 12.9. The summed E-state index contributed by atoms with van der Waals surface area (Å²) in [4.78, 5) is 12.9. The van der Waals surface area contributed by atoms with Crippen LogP contribution in [0.3, 0.4) is 0 Å². The third-order valence-corrected chi connectivity index (χ3v) is 5.47. The number of aryl methyl sites for hydroxylation is 2. The number of carbonyl (C=O) groups excluding carboxylic acids is 1. The lowest BCUT2D eigenvalue weighted by atomic mass is 10.1. The normalized spacial score (nSPS) is 11.3. The van der Waals surface area contributed by atoms with Crippen molar-refractivity contribution < 1.29 is 17.9 Å². The number of hydrogen-bond acceptors (Lipinski definition) is 5. The van der Waals surface area contributed by atoms with Gasteiger partial charge in [-0.15, -0.1) is 0 Å². The Kier molecular flexibility index (Phi) is 6.56. The van der Waals surface area contributed by atoms with E-state index in [2.05, 4.69) is 15.1 Å². The number of benzene rings is 2. The minimum absolute atomic E-state index is 0.234. The predicted molar refractivity (Wildman–Crippen MR) is 122 cm³/mol. The monoisotopic (exact) mass is 462 g/mol. The largest absolute Gasteiger partial charge is 0.494 e. The van der Waals surface area contributed by atoms with Crippen molar-refractivity contribution >= 4 is 38.9 Å². The number of halogens is 1. The number of nitrogens with one attached hydrogen (secondary N) is 2. The molecule has 3 rings (SSSR count). The van der Waals surface area contributed by atoms with E-state index in [1.807, 2.05) is 31.2 Å². The molecule has 0 unspecified atom stereocenters. The summed E-state index contributed by atoms with van der Waals surface area (Å²) >= 11 is 6.47. The van der Waals surface area contributed by atoms with Gasteiger partial charge in [-0.1, -0.05) is 41.4 Å². The lowest BCUT2D eigenvalue weighted by Gasteiger charge is -2.12. The summed E-state index contributed by atoms with van der Waals surface area (Å²) < 4.78 is 32.1. The van der Waals surface area contributed by atoms with Gasteiger partial charge in [0.05, 0.1) is 36.9 Å². The Labute approximate surface area is 186 Å². The predicted octanol–water partition coefficient (Wildman–Crippen LogP) is 3.83. The molecule has 0 atom stereocenters. The number of amides is 1. The van der Waals surface area contributed by atoms with Gasteiger partial charge in [-0.05, 0) is 31.5 Å². The third-order valence-electron chi connectivity index (χ3n) is 4.50. The van der Waals surface area contributed by atoms with Gasteiger partial charge in [-0.25, -0.2) is 13.1 Å². The molecule has 0 saturated carbocycles. The van der Waals surface area contributed by atoms with Crippen LogP contribution in [0, 0.1) is 13.8 Å². The number of methoxy groups -OCH3 is 1. The SMILES string of the molecule is COc1cc(NC(=O)c2c(C)nn(Cc3ccc(C)cc3)c2Cl)ccc1NS(C)(=O)=O. The second kappa shape index (κ2) is 8.99. The Bertz CT molecular complexity index is 1220. The summed E-state index contributed by atoms with van der Waals surface area (Å²) in [7, 11) is -2.06. The molecule has 0 aliphatic carbocycles. The van der Waals surface area contributed by atoms with Crippen LogP contribution in [0.4, 0.5) is 11.4 Å². The van der Waals surface area contributed by atoms with Gasteiger partial charge in [0.25, 0.3) is 5.91 Å². The van der Waals surface area contributed by atoms with E-state index in [1.165, 1.54) is 19.2 Å². The van der Waals surface area contributed by atoms with E-state index in [0.29, 0.717) is 17.9 Å². The van der Waals surface area contributed by atoms with E-state index in [-0.39, 0.29) is 22.2 Å². The summed E-state index contributed by atoms with van der Waals surface area (Å²) in [6.07, 6.45) is 1.04. The van der Waals surface area contributed by atoms with Gasteiger partial charge in [0, 0.05) is 11.8 Å². The molecule has 31 heavy (non-hydrogen) atoms. The Hall–Kier alpha value is -3.04. The average molecular weight is 463 g/mol. The number of carbonyl (C=O) groups is 1. The van der Waals surface area contributed by atoms with E-state index in [0.717, 1.165) is 17.4 Å². The van der Waals surface area contributed by atoms with Crippen LogP contribution in [0.1, 0.15) is 27.2 Å². The Morgan fingerprint density at radius 1 is 1.16 bits per heavy atom. The van der Waals surface area contributed by atoms with Crippen molar-refractivity contribution in [2.75, 3.05) is 23.4 Å². The first-order chi connectivity index (χ1) is 14.6. The fourth-order valence-corrected chi connectivity index (χ4v) is 3.92. The summed E-state index contributed by atoms with van der Waals surface area (Å²) in [5.74, 6) is -0.162. The van der Waals surface area contributed by atoms with Gasteiger partial charge in [-0.2, -0.15) is 5.10 Å². The molecule has 3 aromatic rings. The van der Waals surface area contributed by atoms with E-state index >= 15 is 0 Å². The molecule has 1 amide bonds. The molecule has 2 N–H and O–H groups in total. The van der Waals surface area contributed by atoms with Crippen LogP contribution in [0.25, 0.3) is 0 Å². The van der Waals surface area contributed by atoms with Crippen molar-refractivity contribution in [3.63, 3.8) is 0 Å². The van der Waals surface area contributed by atoms with E-state index < -0.39 is 15.9 Å². The molecule has 0 bridgehead atoms. The minimum Gasteiger partial charge on any atom is -0.494 e. The zero-order valence-corrected chi connectivity index (χ0v) is 19.1. The van der Waals surface area contributed by atoms with Gasteiger partial charge in [0.1, 0.15) is 10.9 Å². The van der Waals surface area contributed by atoms with Gasteiger partial charge in [-0.3, -0.25) is 9.52 Å². The number of nitrogens with zero attached hydrogens (tertiary/aromatic N) is 2. The molecule has 0 aliphatic rings. The van der Waals surface area contributed by atoms with Crippen LogP contribution >= 0.6 is 11.6 Å². The van der Waals surface area contributed by atoms with Crippen molar-refractivity contribution in [3.05, 3.63) is 70.0 Å². The molecule has 1 aromatic heterocycles. The van der Waals surface area contributed by atoms with Crippen molar-refractivity contribution in [1.82, 2.24) is 9.78 Å². The fourth-order valence-electron chi connectivity index (χ4n) is 3.03. The fraction of sp³-hybridized carbons (Fsp3) is 0.238. The molecule has 1 heterocycles. The number of sulfonamides is 1. The number of hydrogen-bond donors (Lipinski definition) is 2. The average Bonchev–Trinajstić information content (AvgIpc) is 2.97. The first-order valence-electron chi connectivity index (χ1n) is 9.33. The standard InChI is InChI=1S/C21H23ClN4O4S/c1-13-5-7-15(8-6-13)12-26-20(22)19(14(2)24-26)21(27)23-16-9-10-17(18(11-16)30-3)25-31(4,28)29/h5-11,25H,12H2,1-4H3,(H,23,27). The van der Waals surface area contributed by atoms with E-state index in [4.69, 9.17) is 16.3 Å². The van der Waals surface area contributed by atoms with Crippen molar-refractivity contribution in [3.8, 4) is 5.75 Å². The molecular formula is C21H23ClN4O4S. The quantitative estimate of drug-likeness (QED) is 0.555. The maximum atomic E-state index is 12.9. The van der Waals surface area contributed by atoms with Crippen LogP contribution in [0.15, 0.2) is 42.5 Å². The summed E-state index contributed by atoms with van der Waals surface area (Å²) in [5.41, 5.74) is 3.62. The van der Waals surface area contributed by atoms with E-state index in [1.54, 1.807) is 17.7 Å². The van der Waals surface area contributed by atoms with Gasteiger partial charge in [0.15, 0.2) is 0 Å². The van der Waals surface area contributed by atoms with Crippen LogP contribution in [-0.4, -0.2) is 37.5 Å². The maximum Gasteiger partial charge on any atom is 0.260 e. The highest BCUT2D eigenvalue weighted by Gasteiger charge is 2.21. The molecule has 0 fully saturated rings. The molecule has 0 aliphatic heterocycles. The highest BCUT2D eigenvalue weighted by molar-refractivity contribution is 7.92. The molecule has 2 aromatic carbocycles. The van der Waals surface area contributed by atoms with Crippen LogP contribution < -0.4 is 14.8 Å². The summed E-state index contributed by atoms with van der Waals surface area (Å²) in [6.45, 7) is 4.16. The Morgan fingerprint density at radius 2 is 1.84 bits per heavy atom. The topological polar surface area (TPSA) is 102 Å². The summed E-state index contributed by atoms with van der Waals surface area (Å²) in [5, 5.41) is 7.39. The lowest BCUT2D eigenvalue weighted by molar-refractivity contribution is 0.102. The number of rotatable bonds is 7. The van der Waals surface area contributed by atoms with Crippen LogP contribution in [0.2, 0.25) is 5.15 Å². The van der Waals surface area contributed by atoms with Crippen molar-refractivity contribution in [1.29, 1.82) is 0 Å². The first kappa shape index (κ1) is 22.6. The molecule has 8 nitrogen and oxygen atoms in total. The Balaban J connectivity index is 1.82. The Morgan fingerprint density at radius 3 is 2.45 bits per heavy atom. The minimum atomic E-state index is -3.47. The first-order valence-corrected chi connectivity index (χ1v) is 11.6. The zero-order valence-electron chi connectivity index (χ0n) is 17.6. The zero-order chi connectivity index (χ0) is 22.8. The summed E-state index contributed by atoms with van der Waals surface area (Å²) in [6, 6.07) is 12.6. The van der Waals surface area contributed by atoms with Crippen LogP contribution in [-0.2, 0) is 16.6 Å². The number of ether oxygens (including phenoxy) is 1. The molecule has 0 spiro atoms. The second-order valence-corrected chi connectivity index (χ2v) is 9.24. The number of aromatic nitrogens is 2. The lowest BCUT2D eigenvalue weighted by Crippen LogP contribution is -2.14. The molecule has 0 radical (unpaired) electrons. The van der Waals surface area contributed by atoms with Crippen molar-refractivity contribution in [2.45, 2.75) is 20.4 Å². The van der Waals surface area contributed by atoms with Gasteiger partial charge >= 0.3 is 0 Å². The third kappa shape index (κ3) is 5.56.